The van der Waals surface area contributed by atoms with E-state index in [1.807, 2.05) is 0 Å². The van der Waals surface area contributed by atoms with Crippen molar-refractivity contribution in [3.63, 3.8) is 0 Å². The maximum Gasteiger partial charge on any atom is 0.0547 e. The Morgan fingerprint density at radius 1 is 0.339 bits per heavy atom. The molecule has 1 aromatic heterocycles. The van der Waals surface area contributed by atoms with Crippen LogP contribution in [0.2, 0.25) is 0 Å². The number of nitrogens with zero attached hydrogens (tertiary/aromatic N) is 2. The van der Waals surface area contributed by atoms with Crippen molar-refractivity contribution in [3.8, 4) is 50.2 Å². The Balaban J connectivity index is 0.943. The Kier molecular flexibility index (Phi) is 8.20. The highest BCUT2D eigenvalue weighted by atomic mass is 15.1. The number of hydrogen-bond acceptors (Lipinski definition) is 1. The van der Waals surface area contributed by atoms with Crippen LogP contribution in [0, 0.1) is 0 Å². The summed E-state index contributed by atoms with van der Waals surface area (Å²) in [5.41, 5.74) is 19.5. The van der Waals surface area contributed by atoms with Crippen LogP contribution in [0.4, 0.5) is 17.1 Å². The fourth-order valence-corrected chi connectivity index (χ4v) is 9.45. The third kappa shape index (κ3) is 5.79. The third-order valence-electron chi connectivity index (χ3n) is 12.4. The molecule has 0 saturated heterocycles. The van der Waals surface area contributed by atoms with Crippen LogP contribution in [0.15, 0.2) is 218 Å². The molecule has 10 aromatic rings. The third-order valence-corrected chi connectivity index (χ3v) is 12.4. The molecular formula is C57H42N2. The molecule has 0 spiro atoms. The van der Waals surface area contributed by atoms with E-state index in [4.69, 9.17) is 0 Å². The Labute approximate surface area is 345 Å². The first-order chi connectivity index (χ1) is 29.0. The maximum atomic E-state index is 2.44. The molecule has 2 heteroatoms. The van der Waals surface area contributed by atoms with Crippen LogP contribution in [0.25, 0.3) is 72.0 Å². The van der Waals surface area contributed by atoms with Gasteiger partial charge in [-0.2, -0.15) is 0 Å². The highest BCUT2D eigenvalue weighted by molar-refractivity contribution is 6.10. The second-order valence-corrected chi connectivity index (χ2v) is 16.2. The predicted molar refractivity (Wildman–Crippen MR) is 249 cm³/mol. The second-order valence-electron chi connectivity index (χ2n) is 16.2. The molecule has 0 saturated carbocycles. The van der Waals surface area contributed by atoms with Gasteiger partial charge in [-0.1, -0.05) is 178 Å². The lowest BCUT2D eigenvalue weighted by atomic mass is 9.82. The quantitative estimate of drug-likeness (QED) is 0.157. The molecule has 2 nitrogen and oxygen atoms in total. The van der Waals surface area contributed by atoms with Crippen molar-refractivity contribution in [2.45, 2.75) is 19.3 Å². The number of anilines is 3. The summed E-state index contributed by atoms with van der Waals surface area (Å²) >= 11 is 0. The number of hydrogen-bond donors (Lipinski definition) is 0. The van der Waals surface area contributed by atoms with E-state index < -0.39 is 0 Å². The van der Waals surface area contributed by atoms with E-state index in [2.05, 4.69) is 242 Å². The van der Waals surface area contributed by atoms with Gasteiger partial charge in [0.1, 0.15) is 0 Å². The van der Waals surface area contributed by atoms with E-state index in [0.29, 0.717) is 0 Å². The van der Waals surface area contributed by atoms with Crippen LogP contribution >= 0.6 is 0 Å². The highest BCUT2D eigenvalue weighted by Gasteiger charge is 2.35. The minimum atomic E-state index is -0.0732. The van der Waals surface area contributed by atoms with Gasteiger partial charge in [0.2, 0.25) is 0 Å². The Bertz CT molecular complexity index is 3150. The molecule has 1 aliphatic carbocycles. The van der Waals surface area contributed by atoms with Crippen molar-refractivity contribution in [2.24, 2.45) is 0 Å². The number of rotatable bonds is 7. The first kappa shape index (κ1) is 34.8. The molecule has 0 unspecified atom stereocenters. The summed E-state index contributed by atoms with van der Waals surface area (Å²) in [6.45, 7) is 4.69. The van der Waals surface area contributed by atoms with Gasteiger partial charge in [0.15, 0.2) is 0 Å². The first-order valence-electron chi connectivity index (χ1n) is 20.5. The van der Waals surface area contributed by atoms with Gasteiger partial charge in [-0.05, 0) is 105 Å². The maximum absolute atomic E-state index is 2.44. The Morgan fingerprint density at radius 2 is 0.864 bits per heavy atom. The minimum absolute atomic E-state index is 0.0732. The normalized spacial score (nSPS) is 12.7. The van der Waals surface area contributed by atoms with Gasteiger partial charge in [-0.15, -0.1) is 0 Å². The summed E-state index contributed by atoms with van der Waals surface area (Å²) in [5, 5.41) is 2.51. The van der Waals surface area contributed by atoms with Crippen molar-refractivity contribution in [2.75, 3.05) is 4.90 Å². The average molecular weight is 755 g/mol. The van der Waals surface area contributed by atoms with Crippen molar-refractivity contribution in [3.05, 3.63) is 230 Å². The lowest BCUT2D eigenvalue weighted by Crippen LogP contribution is -2.16. The SMILES string of the molecule is CC1(C)c2ccccc2-c2ccc(N(c3ccccc3)c3ccc(-c4ccc(-c5ccccc5-n5c6ccccc6c6ccc(-c7ccccc7)cc65)cc4)cc3)cc21. The molecule has 0 fully saturated rings. The fourth-order valence-electron chi connectivity index (χ4n) is 9.45. The molecule has 0 bridgehead atoms. The number of fused-ring (bicyclic) bond motifs is 6. The summed E-state index contributed by atoms with van der Waals surface area (Å²) < 4.78 is 2.44. The average Bonchev–Trinajstić information content (AvgIpc) is 3.75. The predicted octanol–water partition coefficient (Wildman–Crippen LogP) is 15.6. The molecule has 1 heterocycles. The largest absolute Gasteiger partial charge is 0.310 e. The van der Waals surface area contributed by atoms with E-state index in [1.54, 1.807) is 0 Å². The molecule has 280 valence electrons. The number of benzene rings is 9. The Morgan fingerprint density at radius 3 is 1.64 bits per heavy atom. The summed E-state index contributed by atoms with van der Waals surface area (Å²) in [7, 11) is 0. The topological polar surface area (TPSA) is 8.17 Å². The van der Waals surface area contributed by atoms with Crippen molar-refractivity contribution >= 4 is 38.9 Å². The Hall–Kier alpha value is -7.42. The molecule has 1 aliphatic rings. The van der Waals surface area contributed by atoms with E-state index in [9.17, 15) is 0 Å². The van der Waals surface area contributed by atoms with Gasteiger partial charge in [0.05, 0.1) is 16.7 Å². The monoisotopic (exact) mass is 754 g/mol. The smallest absolute Gasteiger partial charge is 0.0547 e. The molecule has 0 aliphatic heterocycles. The van der Waals surface area contributed by atoms with Gasteiger partial charge >= 0.3 is 0 Å². The van der Waals surface area contributed by atoms with Crippen LogP contribution in [0.5, 0.6) is 0 Å². The van der Waals surface area contributed by atoms with E-state index in [-0.39, 0.29) is 5.41 Å². The van der Waals surface area contributed by atoms with E-state index in [1.165, 1.54) is 83.1 Å². The fraction of sp³-hybridized carbons (Fsp3) is 0.0526. The van der Waals surface area contributed by atoms with Gasteiger partial charge in [-0.25, -0.2) is 0 Å². The molecule has 9 aromatic carbocycles. The van der Waals surface area contributed by atoms with Crippen molar-refractivity contribution in [1.82, 2.24) is 4.57 Å². The summed E-state index contributed by atoms with van der Waals surface area (Å²) in [4.78, 5) is 2.38. The van der Waals surface area contributed by atoms with Crippen LogP contribution in [-0.4, -0.2) is 4.57 Å². The lowest BCUT2D eigenvalue weighted by Gasteiger charge is -2.28. The molecule has 0 atom stereocenters. The van der Waals surface area contributed by atoms with Gasteiger partial charge < -0.3 is 9.47 Å². The van der Waals surface area contributed by atoms with Gasteiger partial charge in [-0.3, -0.25) is 0 Å². The zero-order valence-electron chi connectivity index (χ0n) is 33.2. The number of para-hydroxylation sites is 3. The molecular weight excluding hydrogens is 713 g/mol. The summed E-state index contributed by atoms with van der Waals surface area (Å²) in [6, 6.07) is 79.7. The second kappa shape index (κ2) is 13.9. The van der Waals surface area contributed by atoms with Gasteiger partial charge in [0, 0.05) is 38.8 Å². The lowest BCUT2D eigenvalue weighted by molar-refractivity contribution is 0.660. The molecule has 59 heavy (non-hydrogen) atoms. The zero-order chi connectivity index (χ0) is 39.5. The van der Waals surface area contributed by atoms with Crippen LogP contribution in [0.1, 0.15) is 25.0 Å². The standard InChI is InChI=1S/C57H42N2/c1-57(2)52-22-12-9-20-48(52)49-36-34-46(38-53(49)57)58(44-17-7-4-8-18-44)45-32-29-41(30-33-45)40-25-27-42(28-26-40)47-19-10-13-23-54(47)59-55-24-14-11-21-50(55)51-35-31-43(37-56(51)59)39-15-5-3-6-16-39/h3-38H,1-2H3. The van der Waals surface area contributed by atoms with Crippen LogP contribution in [-0.2, 0) is 5.41 Å². The van der Waals surface area contributed by atoms with Crippen molar-refractivity contribution < 1.29 is 0 Å². The van der Waals surface area contributed by atoms with E-state index >= 15 is 0 Å². The van der Waals surface area contributed by atoms with Gasteiger partial charge in [0.25, 0.3) is 0 Å². The van der Waals surface area contributed by atoms with Crippen LogP contribution in [0.3, 0.4) is 0 Å². The van der Waals surface area contributed by atoms with Crippen LogP contribution < -0.4 is 4.90 Å². The molecule has 11 rings (SSSR count). The highest BCUT2D eigenvalue weighted by Crippen LogP contribution is 2.50. The minimum Gasteiger partial charge on any atom is -0.310 e. The molecule has 0 amide bonds. The first-order valence-corrected chi connectivity index (χ1v) is 20.5. The summed E-state index contributed by atoms with van der Waals surface area (Å²) in [6.07, 6.45) is 0. The molecule has 0 N–H and O–H groups in total. The number of aromatic nitrogens is 1. The van der Waals surface area contributed by atoms with E-state index in [0.717, 1.165) is 17.1 Å². The molecule has 0 radical (unpaired) electrons. The van der Waals surface area contributed by atoms with Crippen molar-refractivity contribution in [1.29, 1.82) is 0 Å². The zero-order valence-corrected chi connectivity index (χ0v) is 33.2. The summed E-state index contributed by atoms with van der Waals surface area (Å²) in [5.74, 6) is 0.